The van der Waals surface area contributed by atoms with E-state index in [9.17, 15) is 9.59 Å². The lowest BCUT2D eigenvalue weighted by atomic mass is 10.1. The van der Waals surface area contributed by atoms with Gasteiger partial charge in [-0.15, -0.1) is 0 Å². The summed E-state index contributed by atoms with van der Waals surface area (Å²) in [5.41, 5.74) is 1.03. The molecule has 18 heavy (non-hydrogen) atoms. The van der Waals surface area contributed by atoms with Crippen LogP contribution in [0.15, 0.2) is 30.3 Å². The first kappa shape index (κ1) is 12.6. The Kier molecular flexibility index (Phi) is 3.97. The largest absolute Gasteiger partial charge is 0.348 e. The number of rotatable bonds is 4. The Balaban J connectivity index is 2.10. The first-order valence-electron chi connectivity index (χ1n) is 6.26. The Morgan fingerprint density at radius 3 is 2.67 bits per heavy atom. The van der Waals surface area contributed by atoms with E-state index in [2.05, 4.69) is 5.32 Å². The molecule has 2 amide bonds. The van der Waals surface area contributed by atoms with E-state index in [0.717, 1.165) is 18.5 Å². The van der Waals surface area contributed by atoms with Crippen LogP contribution < -0.4 is 5.32 Å². The second-order valence-corrected chi connectivity index (χ2v) is 4.61. The summed E-state index contributed by atoms with van der Waals surface area (Å²) < 4.78 is 0. The van der Waals surface area contributed by atoms with E-state index in [-0.39, 0.29) is 17.9 Å². The maximum atomic E-state index is 11.6. The molecule has 4 heteroatoms. The highest BCUT2D eigenvalue weighted by atomic mass is 16.2. The van der Waals surface area contributed by atoms with Crippen molar-refractivity contribution in [2.45, 2.75) is 25.8 Å². The highest BCUT2D eigenvalue weighted by Gasteiger charge is 2.24. The molecule has 0 bridgehead atoms. The Morgan fingerprint density at radius 2 is 2.11 bits per heavy atom. The van der Waals surface area contributed by atoms with Gasteiger partial charge in [0, 0.05) is 26.4 Å². The fourth-order valence-corrected chi connectivity index (χ4v) is 2.28. The van der Waals surface area contributed by atoms with Crippen LogP contribution in [-0.4, -0.2) is 29.8 Å². The van der Waals surface area contributed by atoms with Gasteiger partial charge >= 0.3 is 0 Å². The lowest BCUT2D eigenvalue weighted by Gasteiger charge is -2.24. The molecule has 0 radical (unpaired) electrons. The van der Waals surface area contributed by atoms with E-state index in [1.165, 1.54) is 6.92 Å². The molecule has 1 saturated heterocycles. The SMILES string of the molecule is CC(=O)N[C@H](CN1CCCC1=O)c1ccccc1. The van der Waals surface area contributed by atoms with Crippen LogP contribution in [0.4, 0.5) is 0 Å². The molecule has 4 nitrogen and oxygen atoms in total. The molecular formula is C14H18N2O2. The minimum absolute atomic E-state index is 0.0736. The Morgan fingerprint density at radius 1 is 1.39 bits per heavy atom. The second kappa shape index (κ2) is 5.67. The molecule has 1 heterocycles. The summed E-state index contributed by atoms with van der Waals surface area (Å²) in [6, 6.07) is 9.65. The first-order chi connectivity index (χ1) is 8.66. The van der Waals surface area contributed by atoms with Crippen LogP contribution in [0.25, 0.3) is 0 Å². The molecular weight excluding hydrogens is 228 g/mol. The first-order valence-corrected chi connectivity index (χ1v) is 6.26. The standard InChI is InChI=1S/C14H18N2O2/c1-11(17)15-13(12-6-3-2-4-7-12)10-16-9-5-8-14(16)18/h2-4,6-7,13H,5,8-10H2,1H3,(H,15,17)/t13-/m1/s1. The van der Waals surface area contributed by atoms with Crippen molar-refractivity contribution >= 4 is 11.8 Å². The third kappa shape index (κ3) is 3.09. The van der Waals surface area contributed by atoms with Gasteiger partial charge in [-0.3, -0.25) is 9.59 Å². The molecule has 0 saturated carbocycles. The van der Waals surface area contributed by atoms with Crippen LogP contribution in [-0.2, 0) is 9.59 Å². The lowest BCUT2D eigenvalue weighted by Crippen LogP contribution is -2.37. The van der Waals surface area contributed by atoms with Gasteiger partial charge in [-0.05, 0) is 12.0 Å². The molecule has 0 aromatic heterocycles. The molecule has 0 spiro atoms. The molecule has 0 aliphatic carbocycles. The van der Waals surface area contributed by atoms with Crippen molar-refractivity contribution in [3.63, 3.8) is 0 Å². The maximum absolute atomic E-state index is 11.6. The van der Waals surface area contributed by atoms with Crippen molar-refractivity contribution in [2.75, 3.05) is 13.1 Å². The van der Waals surface area contributed by atoms with E-state index in [1.54, 1.807) is 0 Å². The summed E-state index contributed by atoms with van der Waals surface area (Å²) in [6.45, 7) is 2.85. The van der Waals surface area contributed by atoms with Gasteiger partial charge < -0.3 is 10.2 Å². The van der Waals surface area contributed by atoms with E-state index >= 15 is 0 Å². The maximum Gasteiger partial charge on any atom is 0.222 e. The van der Waals surface area contributed by atoms with E-state index in [4.69, 9.17) is 0 Å². The number of amides is 2. The number of hydrogen-bond acceptors (Lipinski definition) is 2. The van der Waals surface area contributed by atoms with Crippen LogP contribution in [0.3, 0.4) is 0 Å². The number of nitrogens with one attached hydrogen (secondary N) is 1. The van der Waals surface area contributed by atoms with Gasteiger partial charge in [0.25, 0.3) is 0 Å². The molecule has 2 rings (SSSR count). The highest BCUT2D eigenvalue weighted by Crippen LogP contribution is 2.18. The molecule has 1 fully saturated rings. The fourth-order valence-electron chi connectivity index (χ4n) is 2.28. The average Bonchev–Trinajstić information content (AvgIpc) is 2.75. The van der Waals surface area contributed by atoms with Crippen molar-refractivity contribution < 1.29 is 9.59 Å². The van der Waals surface area contributed by atoms with Crippen molar-refractivity contribution in [1.29, 1.82) is 0 Å². The predicted octanol–water partition coefficient (Wildman–Crippen LogP) is 1.49. The third-order valence-electron chi connectivity index (χ3n) is 3.15. The molecule has 0 unspecified atom stereocenters. The van der Waals surface area contributed by atoms with Crippen LogP contribution in [0.1, 0.15) is 31.4 Å². The minimum Gasteiger partial charge on any atom is -0.348 e. The highest BCUT2D eigenvalue weighted by molar-refractivity contribution is 5.78. The number of carbonyl (C=O) groups is 2. The zero-order valence-corrected chi connectivity index (χ0v) is 10.6. The number of nitrogens with zero attached hydrogens (tertiary/aromatic N) is 1. The van der Waals surface area contributed by atoms with Crippen LogP contribution >= 0.6 is 0 Å². The number of likely N-dealkylation sites (tertiary alicyclic amines) is 1. The molecule has 96 valence electrons. The van der Waals surface area contributed by atoms with Crippen molar-refractivity contribution in [1.82, 2.24) is 10.2 Å². The molecule has 1 aromatic rings. The number of carbonyl (C=O) groups excluding carboxylic acids is 2. The summed E-state index contributed by atoms with van der Waals surface area (Å²) in [4.78, 5) is 24.7. The Labute approximate surface area is 107 Å². The average molecular weight is 246 g/mol. The summed E-state index contributed by atoms with van der Waals surface area (Å²) >= 11 is 0. The van der Waals surface area contributed by atoms with Gasteiger partial charge in [-0.1, -0.05) is 30.3 Å². The van der Waals surface area contributed by atoms with Crippen molar-refractivity contribution in [3.05, 3.63) is 35.9 Å². The van der Waals surface area contributed by atoms with Gasteiger partial charge in [-0.2, -0.15) is 0 Å². The van der Waals surface area contributed by atoms with Crippen LogP contribution in [0.2, 0.25) is 0 Å². The lowest BCUT2D eigenvalue weighted by molar-refractivity contribution is -0.128. The fraction of sp³-hybridized carbons (Fsp3) is 0.429. The van der Waals surface area contributed by atoms with E-state index in [0.29, 0.717) is 13.0 Å². The van der Waals surface area contributed by atoms with Gasteiger partial charge in [0.15, 0.2) is 0 Å². The Bertz CT molecular complexity index is 431. The summed E-state index contributed by atoms with van der Waals surface area (Å²) in [5, 5.41) is 2.91. The molecule has 1 aliphatic rings. The summed E-state index contributed by atoms with van der Waals surface area (Å²) in [7, 11) is 0. The van der Waals surface area contributed by atoms with Gasteiger partial charge in [-0.25, -0.2) is 0 Å². The topological polar surface area (TPSA) is 49.4 Å². The van der Waals surface area contributed by atoms with Gasteiger partial charge in [0.2, 0.25) is 11.8 Å². The summed E-state index contributed by atoms with van der Waals surface area (Å²) in [6.07, 6.45) is 1.54. The quantitative estimate of drug-likeness (QED) is 0.875. The second-order valence-electron chi connectivity index (χ2n) is 4.61. The third-order valence-corrected chi connectivity index (χ3v) is 3.15. The van der Waals surface area contributed by atoms with Gasteiger partial charge in [0.1, 0.15) is 0 Å². The summed E-state index contributed by atoms with van der Waals surface area (Å²) in [5.74, 6) is 0.108. The minimum atomic E-state index is -0.120. The zero-order chi connectivity index (χ0) is 13.0. The Hall–Kier alpha value is -1.84. The zero-order valence-electron chi connectivity index (χ0n) is 10.6. The molecule has 1 aliphatic heterocycles. The smallest absolute Gasteiger partial charge is 0.222 e. The predicted molar refractivity (Wildman–Crippen MR) is 68.8 cm³/mol. The number of hydrogen-bond donors (Lipinski definition) is 1. The molecule has 1 N–H and O–H groups in total. The van der Waals surface area contributed by atoms with Crippen LogP contribution in [0.5, 0.6) is 0 Å². The van der Waals surface area contributed by atoms with Crippen LogP contribution in [0, 0.1) is 0 Å². The number of benzene rings is 1. The van der Waals surface area contributed by atoms with Gasteiger partial charge in [0.05, 0.1) is 6.04 Å². The van der Waals surface area contributed by atoms with Crippen molar-refractivity contribution in [3.8, 4) is 0 Å². The normalized spacial score (nSPS) is 16.7. The monoisotopic (exact) mass is 246 g/mol. The molecule has 1 aromatic carbocycles. The van der Waals surface area contributed by atoms with Crippen molar-refractivity contribution in [2.24, 2.45) is 0 Å². The molecule has 1 atom stereocenters. The van der Waals surface area contributed by atoms with E-state index in [1.807, 2.05) is 35.2 Å². The van der Waals surface area contributed by atoms with E-state index < -0.39 is 0 Å².